The average Bonchev–Trinajstić information content (AvgIpc) is 2.50. The van der Waals surface area contributed by atoms with Crippen LogP contribution in [0.4, 0.5) is 5.69 Å². The fourth-order valence-corrected chi connectivity index (χ4v) is 1.68. The van der Waals surface area contributed by atoms with Crippen molar-refractivity contribution in [3.63, 3.8) is 0 Å². The van der Waals surface area contributed by atoms with Crippen molar-refractivity contribution in [1.29, 1.82) is 5.26 Å². The number of anilines is 1. The third-order valence-corrected chi connectivity index (χ3v) is 2.72. The molecule has 21 heavy (non-hydrogen) atoms. The van der Waals surface area contributed by atoms with Gasteiger partial charge >= 0.3 is 0 Å². The number of carbonyl (C=O) groups is 1. The second-order valence-corrected chi connectivity index (χ2v) is 4.31. The lowest BCUT2D eigenvalue weighted by atomic mass is 10.2. The van der Waals surface area contributed by atoms with E-state index < -0.39 is 0 Å². The Morgan fingerprint density at radius 3 is 2.19 bits per heavy atom. The van der Waals surface area contributed by atoms with Crippen LogP contribution in [0.2, 0.25) is 0 Å². The summed E-state index contributed by atoms with van der Waals surface area (Å²) < 4.78 is 5.64. The van der Waals surface area contributed by atoms with Crippen molar-refractivity contribution in [2.45, 2.75) is 13.0 Å². The predicted molar refractivity (Wildman–Crippen MR) is 77.7 cm³/mol. The molecule has 0 heterocycles. The van der Waals surface area contributed by atoms with Gasteiger partial charge in [-0.1, -0.05) is 12.1 Å². The van der Waals surface area contributed by atoms with Gasteiger partial charge < -0.3 is 15.2 Å². The van der Waals surface area contributed by atoms with Gasteiger partial charge in [0.15, 0.2) is 0 Å². The molecule has 2 N–H and O–H groups in total. The molecule has 0 aliphatic rings. The summed E-state index contributed by atoms with van der Waals surface area (Å²) in [6, 6.07) is 15.7. The number of carbonyl (C=O) groups excluding carboxylic acids is 1. The molecule has 106 valence electrons. The summed E-state index contributed by atoms with van der Waals surface area (Å²) in [6.45, 7) is -0.00261. The molecule has 2 rings (SSSR count). The molecule has 2 aromatic carbocycles. The first-order chi connectivity index (χ1) is 10.2. The van der Waals surface area contributed by atoms with E-state index >= 15 is 0 Å². The van der Waals surface area contributed by atoms with Crippen LogP contribution in [0.5, 0.6) is 11.5 Å². The highest BCUT2D eigenvalue weighted by molar-refractivity contribution is 5.92. The van der Waals surface area contributed by atoms with E-state index in [2.05, 4.69) is 5.32 Å². The van der Waals surface area contributed by atoms with Crippen LogP contribution in [-0.2, 0) is 11.4 Å². The summed E-state index contributed by atoms with van der Waals surface area (Å²) >= 11 is 0. The van der Waals surface area contributed by atoms with Gasteiger partial charge in [0.1, 0.15) is 17.9 Å². The van der Waals surface area contributed by atoms with Gasteiger partial charge in [0.05, 0.1) is 12.7 Å². The van der Waals surface area contributed by atoms with Crippen LogP contribution in [-0.4, -0.2) is 11.0 Å². The summed E-state index contributed by atoms with van der Waals surface area (Å²) in [5.74, 6) is 0.948. The van der Waals surface area contributed by atoms with Crippen LogP contribution in [0.25, 0.3) is 0 Å². The van der Waals surface area contributed by atoms with E-state index in [1.165, 1.54) is 0 Å². The van der Waals surface area contributed by atoms with Crippen LogP contribution in [0.15, 0.2) is 48.5 Å². The quantitative estimate of drug-likeness (QED) is 0.883. The van der Waals surface area contributed by atoms with Crippen molar-refractivity contribution in [1.82, 2.24) is 0 Å². The highest BCUT2D eigenvalue weighted by atomic mass is 16.5. The molecule has 0 saturated carbocycles. The molecule has 1 amide bonds. The fourth-order valence-electron chi connectivity index (χ4n) is 1.68. The monoisotopic (exact) mass is 282 g/mol. The number of aliphatic hydroxyl groups is 1. The van der Waals surface area contributed by atoms with E-state index in [0.717, 1.165) is 5.56 Å². The van der Waals surface area contributed by atoms with Gasteiger partial charge in [0.25, 0.3) is 0 Å². The van der Waals surface area contributed by atoms with E-state index in [-0.39, 0.29) is 18.9 Å². The number of amides is 1. The summed E-state index contributed by atoms with van der Waals surface area (Å²) in [4.78, 5) is 11.3. The Balaban J connectivity index is 1.98. The fraction of sp³-hybridized carbons (Fsp3) is 0.125. The molecule has 0 aliphatic heterocycles. The number of ether oxygens (including phenoxy) is 1. The molecule has 0 aliphatic carbocycles. The number of rotatable bonds is 5. The first kappa shape index (κ1) is 14.6. The smallest absolute Gasteiger partial charge is 0.238 e. The van der Waals surface area contributed by atoms with Crippen molar-refractivity contribution in [2.75, 3.05) is 5.32 Å². The molecule has 0 atom stereocenters. The van der Waals surface area contributed by atoms with E-state index in [9.17, 15) is 4.79 Å². The van der Waals surface area contributed by atoms with Crippen molar-refractivity contribution >= 4 is 11.6 Å². The molecule has 0 fully saturated rings. The Bertz CT molecular complexity index is 643. The standard InChI is InChI=1S/C16H14N2O3/c17-10-9-16(20)18-13-3-7-15(8-4-13)21-14-5-1-12(11-19)2-6-14/h1-8,19H,9,11H2,(H,18,20). The number of nitrogens with zero attached hydrogens (tertiary/aromatic N) is 1. The van der Waals surface area contributed by atoms with Crippen molar-refractivity contribution in [2.24, 2.45) is 0 Å². The number of hydrogen-bond donors (Lipinski definition) is 2. The number of hydrogen-bond acceptors (Lipinski definition) is 4. The minimum atomic E-state index is -0.342. The van der Waals surface area contributed by atoms with Gasteiger partial charge in [-0.05, 0) is 42.0 Å². The van der Waals surface area contributed by atoms with Crippen molar-refractivity contribution < 1.29 is 14.6 Å². The lowest BCUT2D eigenvalue weighted by molar-refractivity contribution is -0.115. The zero-order chi connectivity index (χ0) is 15.1. The minimum absolute atomic E-state index is 0.00261. The molecule has 0 unspecified atom stereocenters. The number of benzene rings is 2. The van der Waals surface area contributed by atoms with Gasteiger partial charge in [-0.25, -0.2) is 0 Å². The van der Waals surface area contributed by atoms with Gasteiger partial charge in [0, 0.05) is 5.69 Å². The molecule has 5 heteroatoms. The Hall–Kier alpha value is -2.84. The SMILES string of the molecule is N#CCC(=O)Nc1ccc(Oc2ccc(CO)cc2)cc1. The molecule has 5 nitrogen and oxygen atoms in total. The van der Waals surface area contributed by atoms with E-state index in [4.69, 9.17) is 15.1 Å². The average molecular weight is 282 g/mol. The van der Waals surface area contributed by atoms with Crippen molar-refractivity contribution in [3.8, 4) is 17.6 Å². The Labute approximate surface area is 122 Å². The zero-order valence-corrected chi connectivity index (χ0v) is 11.2. The molecule has 0 bridgehead atoms. The third kappa shape index (κ3) is 4.34. The summed E-state index contributed by atoms with van der Waals surface area (Å²) in [7, 11) is 0. The third-order valence-electron chi connectivity index (χ3n) is 2.72. The van der Waals surface area contributed by atoms with Crippen LogP contribution < -0.4 is 10.1 Å². The van der Waals surface area contributed by atoms with Gasteiger partial charge in [-0.3, -0.25) is 4.79 Å². The normalized spacial score (nSPS) is 9.71. The van der Waals surface area contributed by atoms with Gasteiger partial charge in [-0.15, -0.1) is 0 Å². The zero-order valence-electron chi connectivity index (χ0n) is 11.2. The van der Waals surface area contributed by atoms with Gasteiger partial charge in [-0.2, -0.15) is 5.26 Å². The molecule has 0 radical (unpaired) electrons. The molecule has 0 saturated heterocycles. The summed E-state index contributed by atoms with van der Waals surface area (Å²) in [5, 5.41) is 20.0. The lowest BCUT2D eigenvalue weighted by Crippen LogP contribution is -2.09. The molecular formula is C16H14N2O3. The maximum absolute atomic E-state index is 11.3. The number of nitriles is 1. The predicted octanol–water partition coefficient (Wildman–Crippen LogP) is 2.82. The molecule has 0 aromatic heterocycles. The summed E-state index contributed by atoms with van der Waals surface area (Å²) in [6.07, 6.45) is -0.171. The van der Waals surface area contributed by atoms with Crippen molar-refractivity contribution in [3.05, 3.63) is 54.1 Å². The molecule has 0 spiro atoms. The largest absolute Gasteiger partial charge is 0.457 e. The second kappa shape index (κ2) is 7.08. The maximum Gasteiger partial charge on any atom is 0.238 e. The lowest BCUT2D eigenvalue weighted by Gasteiger charge is -2.08. The number of nitrogens with one attached hydrogen (secondary N) is 1. The Morgan fingerprint density at radius 2 is 1.67 bits per heavy atom. The molecule has 2 aromatic rings. The van der Waals surface area contributed by atoms with Crippen LogP contribution in [0.3, 0.4) is 0 Å². The maximum atomic E-state index is 11.3. The van der Waals surface area contributed by atoms with E-state index in [1.807, 2.05) is 0 Å². The van der Waals surface area contributed by atoms with Crippen LogP contribution >= 0.6 is 0 Å². The van der Waals surface area contributed by atoms with Gasteiger partial charge in [0.2, 0.25) is 5.91 Å². The highest BCUT2D eigenvalue weighted by Crippen LogP contribution is 2.23. The Kier molecular flexibility index (Phi) is 4.91. The summed E-state index contributed by atoms with van der Waals surface area (Å²) in [5.41, 5.74) is 1.43. The first-order valence-corrected chi connectivity index (χ1v) is 6.36. The van der Waals surface area contributed by atoms with E-state index in [0.29, 0.717) is 17.2 Å². The second-order valence-electron chi connectivity index (χ2n) is 4.31. The molecular weight excluding hydrogens is 268 g/mol. The first-order valence-electron chi connectivity index (χ1n) is 6.36. The minimum Gasteiger partial charge on any atom is -0.457 e. The number of aliphatic hydroxyl groups excluding tert-OH is 1. The van der Waals surface area contributed by atoms with E-state index in [1.54, 1.807) is 54.6 Å². The Morgan fingerprint density at radius 1 is 1.10 bits per heavy atom. The highest BCUT2D eigenvalue weighted by Gasteiger charge is 2.02. The topological polar surface area (TPSA) is 82.4 Å². The van der Waals surface area contributed by atoms with Crippen LogP contribution in [0, 0.1) is 11.3 Å². The van der Waals surface area contributed by atoms with Crippen LogP contribution in [0.1, 0.15) is 12.0 Å².